The molecule has 1 unspecified atom stereocenters. The van der Waals surface area contributed by atoms with Crippen LogP contribution in [0.2, 0.25) is 10.0 Å². The molecule has 0 spiro atoms. The summed E-state index contributed by atoms with van der Waals surface area (Å²) in [4.78, 5) is 0. The SMILES string of the molecule is CC(O)(Cc1cccc(F)c1)c1cccc(Cl)c1Cl. The van der Waals surface area contributed by atoms with Crippen molar-refractivity contribution in [3.05, 3.63) is 69.5 Å². The van der Waals surface area contributed by atoms with Gasteiger partial charge in [0.1, 0.15) is 5.82 Å². The molecule has 0 aromatic heterocycles. The molecule has 0 saturated carbocycles. The van der Waals surface area contributed by atoms with E-state index in [0.29, 0.717) is 21.2 Å². The number of hydrogen-bond donors (Lipinski definition) is 1. The molecule has 0 amide bonds. The van der Waals surface area contributed by atoms with Gasteiger partial charge in [0.05, 0.1) is 15.6 Å². The summed E-state index contributed by atoms with van der Waals surface area (Å²) in [6, 6.07) is 11.2. The van der Waals surface area contributed by atoms with Gasteiger partial charge in [-0.05, 0) is 30.7 Å². The van der Waals surface area contributed by atoms with Crippen LogP contribution in [0.1, 0.15) is 18.1 Å². The normalized spacial score (nSPS) is 14.2. The van der Waals surface area contributed by atoms with Crippen LogP contribution in [0.15, 0.2) is 42.5 Å². The van der Waals surface area contributed by atoms with Crippen molar-refractivity contribution in [3.8, 4) is 0 Å². The molecule has 100 valence electrons. The summed E-state index contributed by atoms with van der Waals surface area (Å²) in [5.41, 5.74) is 0.0162. The Labute approximate surface area is 121 Å². The van der Waals surface area contributed by atoms with E-state index in [1.54, 1.807) is 37.3 Å². The van der Waals surface area contributed by atoms with E-state index in [1.807, 2.05) is 0 Å². The zero-order valence-electron chi connectivity index (χ0n) is 10.3. The molecule has 0 radical (unpaired) electrons. The summed E-state index contributed by atoms with van der Waals surface area (Å²) >= 11 is 12.1. The van der Waals surface area contributed by atoms with E-state index in [-0.39, 0.29) is 12.2 Å². The van der Waals surface area contributed by atoms with Crippen molar-refractivity contribution >= 4 is 23.2 Å². The zero-order valence-corrected chi connectivity index (χ0v) is 11.8. The van der Waals surface area contributed by atoms with E-state index in [2.05, 4.69) is 0 Å². The summed E-state index contributed by atoms with van der Waals surface area (Å²) < 4.78 is 13.2. The fourth-order valence-corrected chi connectivity index (χ4v) is 2.56. The monoisotopic (exact) mass is 298 g/mol. The average molecular weight is 299 g/mol. The number of rotatable bonds is 3. The number of hydrogen-bond acceptors (Lipinski definition) is 1. The molecule has 2 rings (SSSR count). The lowest BCUT2D eigenvalue weighted by molar-refractivity contribution is 0.0577. The number of benzene rings is 2. The van der Waals surface area contributed by atoms with Crippen LogP contribution in [0.25, 0.3) is 0 Å². The molecule has 19 heavy (non-hydrogen) atoms. The minimum absolute atomic E-state index is 0.255. The van der Waals surface area contributed by atoms with Crippen LogP contribution in [0.5, 0.6) is 0 Å². The minimum Gasteiger partial charge on any atom is -0.385 e. The lowest BCUT2D eigenvalue weighted by Crippen LogP contribution is -2.24. The van der Waals surface area contributed by atoms with Crippen molar-refractivity contribution in [2.75, 3.05) is 0 Å². The highest BCUT2D eigenvalue weighted by Gasteiger charge is 2.27. The number of aliphatic hydroxyl groups is 1. The summed E-state index contributed by atoms with van der Waals surface area (Å²) in [5.74, 6) is -0.328. The van der Waals surface area contributed by atoms with Gasteiger partial charge in [-0.2, -0.15) is 0 Å². The Hall–Kier alpha value is -1.09. The Morgan fingerprint density at radius 2 is 1.84 bits per heavy atom. The standard InChI is InChI=1S/C15H13Cl2FO/c1-15(19,9-10-4-2-5-11(18)8-10)12-6-3-7-13(16)14(12)17/h2-8,19H,9H2,1H3. The summed E-state index contributed by atoms with van der Waals surface area (Å²) in [5, 5.41) is 11.3. The highest BCUT2D eigenvalue weighted by molar-refractivity contribution is 6.42. The van der Waals surface area contributed by atoms with E-state index in [1.165, 1.54) is 12.1 Å². The Balaban J connectivity index is 2.34. The van der Waals surface area contributed by atoms with Crippen molar-refractivity contribution in [2.24, 2.45) is 0 Å². The molecule has 2 aromatic carbocycles. The van der Waals surface area contributed by atoms with Crippen LogP contribution in [-0.4, -0.2) is 5.11 Å². The van der Waals surface area contributed by atoms with Crippen molar-refractivity contribution in [3.63, 3.8) is 0 Å². The molecular weight excluding hydrogens is 286 g/mol. The summed E-state index contributed by atoms with van der Waals surface area (Å²) in [7, 11) is 0. The molecule has 0 aliphatic rings. The van der Waals surface area contributed by atoms with Gasteiger partial charge in [0, 0.05) is 12.0 Å². The fraction of sp³-hybridized carbons (Fsp3) is 0.200. The maximum atomic E-state index is 13.2. The van der Waals surface area contributed by atoms with E-state index >= 15 is 0 Å². The van der Waals surface area contributed by atoms with Gasteiger partial charge in [0.2, 0.25) is 0 Å². The van der Waals surface area contributed by atoms with E-state index in [0.717, 1.165) is 0 Å². The van der Waals surface area contributed by atoms with Crippen LogP contribution < -0.4 is 0 Å². The van der Waals surface area contributed by atoms with Gasteiger partial charge >= 0.3 is 0 Å². The Bertz CT molecular complexity index is 596. The maximum Gasteiger partial charge on any atom is 0.123 e. The average Bonchev–Trinajstić information content (AvgIpc) is 2.32. The van der Waals surface area contributed by atoms with Crippen LogP contribution in [0.4, 0.5) is 4.39 Å². The van der Waals surface area contributed by atoms with Crippen LogP contribution in [-0.2, 0) is 12.0 Å². The summed E-state index contributed by atoms with van der Waals surface area (Å²) in [6.07, 6.45) is 0.255. The molecule has 1 atom stereocenters. The minimum atomic E-state index is -1.21. The fourth-order valence-electron chi connectivity index (χ4n) is 2.06. The van der Waals surface area contributed by atoms with Crippen molar-refractivity contribution in [2.45, 2.75) is 18.9 Å². The van der Waals surface area contributed by atoms with Crippen molar-refractivity contribution in [1.82, 2.24) is 0 Å². The predicted octanol–water partition coefficient (Wildman–Crippen LogP) is 4.58. The van der Waals surface area contributed by atoms with E-state index < -0.39 is 5.60 Å². The quantitative estimate of drug-likeness (QED) is 0.879. The first kappa shape index (κ1) is 14.3. The maximum absolute atomic E-state index is 13.2. The number of halogens is 3. The predicted molar refractivity (Wildman–Crippen MR) is 76.1 cm³/mol. The Kier molecular flexibility index (Phi) is 4.14. The van der Waals surface area contributed by atoms with Gasteiger partial charge in [-0.15, -0.1) is 0 Å². The molecule has 0 fully saturated rings. The first-order chi connectivity index (χ1) is 8.90. The largest absolute Gasteiger partial charge is 0.385 e. The smallest absolute Gasteiger partial charge is 0.123 e. The molecule has 0 aliphatic carbocycles. The molecule has 1 N–H and O–H groups in total. The van der Waals surface area contributed by atoms with Gasteiger partial charge < -0.3 is 5.11 Å². The third-order valence-electron chi connectivity index (χ3n) is 2.97. The van der Waals surface area contributed by atoms with E-state index in [4.69, 9.17) is 23.2 Å². The molecule has 2 aromatic rings. The van der Waals surface area contributed by atoms with Crippen LogP contribution >= 0.6 is 23.2 Å². The molecule has 0 aliphatic heterocycles. The first-order valence-electron chi connectivity index (χ1n) is 5.81. The topological polar surface area (TPSA) is 20.2 Å². The van der Waals surface area contributed by atoms with Crippen molar-refractivity contribution in [1.29, 1.82) is 0 Å². The van der Waals surface area contributed by atoms with Gasteiger partial charge in [0.15, 0.2) is 0 Å². The van der Waals surface area contributed by atoms with Gasteiger partial charge in [-0.1, -0.05) is 47.5 Å². The van der Waals surface area contributed by atoms with E-state index in [9.17, 15) is 9.50 Å². The van der Waals surface area contributed by atoms with Gasteiger partial charge in [0.25, 0.3) is 0 Å². The molecule has 0 bridgehead atoms. The molecule has 4 heteroatoms. The second-order valence-electron chi connectivity index (χ2n) is 4.68. The molecule has 0 saturated heterocycles. The lowest BCUT2D eigenvalue weighted by atomic mass is 9.89. The zero-order chi connectivity index (χ0) is 14.0. The summed E-state index contributed by atoms with van der Waals surface area (Å²) in [6.45, 7) is 1.63. The van der Waals surface area contributed by atoms with Crippen LogP contribution in [0.3, 0.4) is 0 Å². The lowest BCUT2D eigenvalue weighted by Gasteiger charge is -2.25. The van der Waals surface area contributed by atoms with Gasteiger partial charge in [-0.3, -0.25) is 0 Å². The van der Waals surface area contributed by atoms with Gasteiger partial charge in [-0.25, -0.2) is 4.39 Å². The third kappa shape index (κ3) is 3.27. The van der Waals surface area contributed by atoms with Crippen molar-refractivity contribution < 1.29 is 9.50 Å². The Morgan fingerprint density at radius 1 is 1.16 bits per heavy atom. The Morgan fingerprint density at radius 3 is 2.53 bits per heavy atom. The highest BCUT2D eigenvalue weighted by atomic mass is 35.5. The third-order valence-corrected chi connectivity index (χ3v) is 3.79. The molecule has 0 heterocycles. The molecule has 1 nitrogen and oxygen atoms in total. The second kappa shape index (κ2) is 5.49. The first-order valence-corrected chi connectivity index (χ1v) is 6.57. The highest BCUT2D eigenvalue weighted by Crippen LogP contribution is 2.35. The second-order valence-corrected chi connectivity index (χ2v) is 5.47. The van der Waals surface area contributed by atoms with Crippen LogP contribution in [0, 0.1) is 5.82 Å². The molecular formula is C15H13Cl2FO.